The highest BCUT2D eigenvalue weighted by Gasteiger charge is 2.13. The largest absolute Gasteiger partial charge is 0.352 e. The van der Waals surface area contributed by atoms with Crippen LogP contribution in [0.1, 0.15) is 16.7 Å². The summed E-state index contributed by atoms with van der Waals surface area (Å²) in [6.07, 6.45) is -0.330. The minimum Gasteiger partial charge on any atom is -0.352 e. The number of carbonyl (C=O) groups is 1. The summed E-state index contributed by atoms with van der Waals surface area (Å²) < 4.78 is 26.9. The second-order valence-corrected chi connectivity index (χ2v) is 4.63. The first kappa shape index (κ1) is 15.1. The van der Waals surface area contributed by atoms with Gasteiger partial charge in [0.2, 0.25) is 5.91 Å². The van der Waals surface area contributed by atoms with Gasteiger partial charge in [0, 0.05) is 18.7 Å². The molecule has 0 aliphatic carbocycles. The molecule has 0 saturated heterocycles. The molecule has 2 rings (SSSR count). The lowest BCUT2D eigenvalue weighted by atomic mass is 10.1. The van der Waals surface area contributed by atoms with Crippen molar-refractivity contribution in [3.05, 3.63) is 70.8 Å². The second-order valence-electron chi connectivity index (χ2n) is 4.63. The Hall–Kier alpha value is -2.27. The lowest BCUT2D eigenvalue weighted by molar-refractivity contribution is -0.120. The number of rotatable bonds is 5. The van der Waals surface area contributed by atoms with Gasteiger partial charge < -0.3 is 11.1 Å². The van der Waals surface area contributed by atoms with Crippen LogP contribution in [0.5, 0.6) is 0 Å². The summed E-state index contributed by atoms with van der Waals surface area (Å²) in [6, 6.07) is 11.0. The van der Waals surface area contributed by atoms with Crippen molar-refractivity contribution in [2.24, 2.45) is 5.73 Å². The molecule has 0 unspecified atom stereocenters. The highest BCUT2D eigenvalue weighted by Crippen LogP contribution is 2.13. The lowest BCUT2D eigenvalue weighted by Gasteiger charge is -2.10. The molecule has 0 saturated carbocycles. The number of hydrogen-bond donors (Lipinski definition) is 2. The van der Waals surface area contributed by atoms with E-state index in [9.17, 15) is 13.6 Å². The van der Waals surface area contributed by atoms with Crippen LogP contribution in [0.4, 0.5) is 8.78 Å². The highest BCUT2D eigenvalue weighted by molar-refractivity contribution is 5.78. The minimum atomic E-state index is -0.715. The third-order valence-corrected chi connectivity index (χ3v) is 3.21. The highest BCUT2D eigenvalue weighted by atomic mass is 19.1. The molecule has 0 radical (unpaired) electrons. The molecule has 21 heavy (non-hydrogen) atoms. The summed E-state index contributed by atoms with van der Waals surface area (Å²) in [5.74, 6) is -1.87. The maximum absolute atomic E-state index is 13.5. The molecule has 1 amide bonds. The number of carbonyl (C=O) groups excluding carboxylic acids is 1. The van der Waals surface area contributed by atoms with E-state index in [1.807, 2.05) is 24.3 Å². The second kappa shape index (κ2) is 6.95. The van der Waals surface area contributed by atoms with E-state index >= 15 is 0 Å². The van der Waals surface area contributed by atoms with Crippen molar-refractivity contribution in [3.8, 4) is 0 Å². The van der Waals surface area contributed by atoms with Crippen LogP contribution in [-0.2, 0) is 24.3 Å². The normalized spacial score (nSPS) is 10.4. The maximum Gasteiger partial charge on any atom is 0.224 e. The van der Waals surface area contributed by atoms with Crippen molar-refractivity contribution < 1.29 is 13.6 Å². The Balaban J connectivity index is 1.99. The summed E-state index contributed by atoms with van der Waals surface area (Å²) in [6.45, 7) is 0.649. The zero-order valence-corrected chi connectivity index (χ0v) is 11.4. The van der Waals surface area contributed by atoms with Crippen LogP contribution >= 0.6 is 0 Å². The van der Waals surface area contributed by atoms with Gasteiger partial charge in [0.15, 0.2) is 0 Å². The fourth-order valence-corrected chi connectivity index (χ4v) is 2.05. The summed E-state index contributed by atoms with van der Waals surface area (Å²) in [7, 11) is 0. The van der Waals surface area contributed by atoms with Crippen LogP contribution in [0.3, 0.4) is 0 Å². The molecule has 0 heterocycles. The van der Waals surface area contributed by atoms with Gasteiger partial charge in [-0.15, -0.1) is 0 Å². The summed E-state index contributed by atoms with van der Waals surface area (Å²) >= 11 is 0. The first-order chi connectivity index (χ1) is 10.1. The Morgan fingerprint density at radius 3 is 2.24 bits per heavy atom. The van der Waals surface area contributed by atoms with Gasteiger partial charge in [-0.1, -0.05) is 30.3 Å². The number of nitrogens with two attached hydrogens (primary N) is 1. The van der Waals surface area contributed by atoms with Gasteiger partial charge in [-0.25, -0.2) is 8.78 Å². The molecule has 0 bridgehead atoms. The Morgan fingerprint density at radius 2 is 1.62 bits per heavy atom. The third kappa shape index (κ3) is 3.86. The van der Waals surface area contributed by atoms with Crippen LogP contribution in [0, 0.1) is 11.6 Å². The average molecular weight is 290 g/mol. The maximum atomic E-state index is 13.5. The lowest BCUT2D eigenvalue weighted by Crippen LogP contribution is -2.26. The topological polar surface area (TPSA) is 55.1 Å². The van der Waals surface area contributed by atoms with Crippen LogP contribution in [-0.4, -0.2) is 5.91 Å². The molecule has 0 aliphatic heterocycles. The molecule has 3 N–H and O–H groups in total. The molecule has 5 heteroatoms. The van der Waals surface area contributed by atoms with Crippen molar-refractivity contribution >= 4 is 5.91 Å². The van der Waals surface area contributed by atoms with Gasteiger partial charge in [0.05, 0.1) is 6.42 Å². The summed E-state index contributed by atoms with van der Waals surface area (Å²) in [5.41, 5.74) is 7.21. The van der Waals surface area contributed by atoms with Crippen LogP contribution in [0.25, 0.3) is 0 Å². The fraction of sp³-hybridized carbons (Fsp3) is 0.188. The van der Waals surface area contributed by atoms with Crippen LogP contribution in [0.2, 0.25) is 0 Å². The standard InChI is InChI=1S/C16H16F2N2O/c17-14-6-3-7-15(18)13(14)8-16(21)20-10-12-5-2-1-4-11(12)9-19/h1-7H,8-10,19H2,(H,20,21). The minimum absolute atomic E-state index is 0.220. The molecule has 0 fully saturated rings. The number of nitrogens with one attached hydrogen (secondary N) is 1. The fourth-order valence-electron chi connectivity index (χ4n) is 2.05. The van der Waals surface area contributed by atoms with Gasteiger partial charge >= 0.3 is 0 Å². The van der Waals surface area contributed by atoms with E-state index in [0.29, 0.717) is 6.54 Å². The number of halogens is 2. The van der Waals surface area contributed by atoms with Crippen LogP contribution in [0.15, 0.2) is 42.5 Å². The Labute approximate surface area is 121 Å². The molecular weight excluding hydrogens is 274 g/mol. The summed E-state index contributed by atoms with van der Waals surface area (Å²) in [4.78, 5) is 11.8. The zero-order valence-electron chi connectivity index (χ0n) is 11.4. The van der Waals surface area contributed by atoms with E-state index in [-0.39, 0.29) is 18.5 Å². The number of amides is 1. The Kier molecular flexibility index (Phi) is 5.00. The third-order valence-electron chi connectivity index (χ3n) is 3.21. The van der Waals surface area contributed by atoms with E-state index in [2.05, 4.69) is 5.32 Å². The summed E-state index contributed by atoms with van der Waals surface area (Å²) in [5, 5.41) is 2.65. The number of benzene rings is 2. The monoisotopic (exact) mass is 290 g/mol. The molecule has 2 aromatic rings. The van der Waals surface area contributed by atoms with E-state index in [4.69, 9.17) is 5.73 Å². The van der Waals surface area contributed by atoms with E-state index in [1.54, 1.807) is 0 Å². The van der Waals surface area contributed by atoms with Crippen molar-refractivity contribution in [1.29, 1.82) is 0 Å². The van der Waals surface area contributed by atoms with Gasteiger partial charge in [0.25, 0.3) is 0 Å². The smallest absolute Gasteiger partial charge is 0.224 e. The number of hydrogen-bond acceptors (Lipinski definition) is 2. The molecule has 0 spiro atoms. The SMILES string of the molecule is NCc1ccccc1CNC(=O)Cc1c(F)cccc1F. The first-order valence-corrected chi connectivity index (χ1v) is 6.58. The van der Waals surface area contributed by atoms with Gasteiger partial charge in [-0.3, -0.25) is 4.79 Å². The predicted molar refractivity (Wildman–Crippen MR) is 76.2 cm³/mol. The van der Waals surface area contributed by atoms with Crippen molar-refractivity contribution in [3.63, 3.8) is 0 Å². The molecular formula is C16H16F2N2O. The average Bonchev–Trinajstić information content (AvgIpc) is 2.49. The van der Waals surface area contributed by atoms with Gasteiger partial charge in [0.1, 0.15) is 11.6 Å². The van der Waals surface area contributed by atoms with Crippen molar-refractivity contribution in [2.75, 3.05) is 0 Å². The Morgan fingerprint density at radius 1 is 1.00 bits per heavy atom. The zero-order chi connectivity index (χ0) is 15.2. The molecule has 3 nitrogen and oxygen atoms in total. The van der Waals surface area contributed by atoms with E-state index in [1.165, 1.54) is 6.07 Å². The van der Waals surface area contributed by atoms with Crippen molar-refractivity contribution in [1.82, 2.24) is 5.32 Å². The molecule has 0 aromatic heterocycles. The molecule has 0 atom stereocenters. The van der Waals surface area contributed by atoms with Gasteiger partial charge in [-0.05, 0) is 23.3 Å². The quantitative estimate of drug-likeness (QED) is 0.887. The van der Waals surface area contributed by atoms with E-state index < -0.39 is 17.5 Å². The predicted octanol–water partition coefficient (Wildman–Crippen LogP) is 2.28. The van der Waals surface area contributed by atoms with Crippen molar-refractivity contribution in [2.45, 2.75) is 19.5 Å². The Bertz CT molecular complexity index is 624. The molecule has 110 valence electrons. The van der Waals surface area contributed by atoms with E-state index in [0.717, 1.165) is 23.3 Å². The van der Waals surface area contributed by atoms with Crippen LogP contribution < -0.4 is 11.1 Å². The van der Waals surface area contributed by atoms with Gasteiger partial charge in [-0.2, -0.15) is 0 Å². The first-order valence-electron chi connectivity index (χ1n) is 6.58. The molecule has 2 aromatic carbocycles. The molecule has 0 aliphatic rings.